The molecule has 0 atom stereocenters. The predicted octanol–water partition coefficient (Wildman–Crippen LogP) is 3.10. The third kappa shape index (κ3) is 4.47. The standard InChI is InChI=1S/C12H15BrClNO3S/c1-8(2)7-15(3)12(16)9-4-5-10(13)11(6-9)19(14,17)18/h4-6,8H,7H2,1-3H3. The van der Waals surface area contributed by atoms with E-state index in [9.17, 15) is 13.2 Å². The van der Waals surface area contributed by atoms with E-state index < -0.39 is 9.05 Å². The molecule has 0 aliphatic carbocycles. The van der Waals surface area contributed by atoms with E-state index in [0.29, 0.717) is 22.5 Å². The molecule has 0 saturated heterocycles. The van der Waals surface area contributed by atoms with Crippen LogP contribution >= 0.6 is 26.6 Å². The molecule has 0 saturated carbocycles. The summed E-state index contributed by atoms with van der Waals surface area (Å²) in [7, 11) is 3.12. The van der Waals surface area contributed by atoms with Crippen LogP contribution in [0.25, 0.3) is 0 Å². The lowest BCUT2D eigenvalue weighted by molar-refractivity contribution is 0.0779. The summed E-state index contributed by atoms with van der Waals surface area (Å²) in [6.45, 7) is 4.60. The molecule has 106 valence electrons. The van der Waals surface area contributed by atoms with E-state index in [4.69, 9.17) is 10.7 Å². The smallest absolute Gasteiger partial charge is 0.262 e. The number of carbonyl (C=O) groups is 1. The Morgan fingerprint density at radius 1 is 1.42 bits per heavy atom. The van der Waals surface area contributed by atoms with Crippen molar-refractivity contribution >= 4 is 41.6 Å². The van der Waals surface area contributed by atoms with Crippen LogP contribution in [0.1, 0.15) is 24.2 Å². The molecule has 0 aliphatic heterocycles. The highest BCUT2D eigenvalue weighted by molar-refractivity contribution is 9.10. The molecule has 0 heterocycles. The van der Waals surface area contributed by atoms with Crippen molar-refractivity contribution in [2.24, 2.45) is 5.92 Å². The number of hydrogen-bond donors (Lipinski definition) is 0. The first kappa shape index (κ1) is 16.5. The van der Waals surface area contributed by atoms with Crippen LogP contribution in [0.3, 0.4) is 0 Å². The van der Waals surface area contributed by atoms with E-state index in [1.54, 1.807) is 18.0 Å². The summed E-state index contributed by atoms with van der Waals surface area (Å²) >= 11 is 3.10. The van der Waals surface area contributed by atoms with Gasteiger partial charge in [0.05, 0.1) is 4.90 Å². The molecule has 0 N–H and O–H groups in total. The first-order valence-electron chi connectivity index (χ1n) is 5.62. The number of carbonyl (C=O) groups excluding carboxylic acids is 1. The van der Waals surface area contributed by atoms with E-state index in [1.807, 2.05) is 13.8 Å². The maximum absolute atomic E-state index is 12.1. The Balaban J connectivity index is 3.13. The summed E-state index contributed by atoms with van der Waals surface area (Å²) in [5.41, 5.74) is 0.297. The second-order valence-electron chi connectivity index (χ2n) is 4.66. The third-order valence-electron chi connectivity index (χ3n) is 2.43. The van der Waals surface area contributed by atoms with Gasteiger partial charge in [-0.25, -0.2) is 8.42 Å². The number of benzene rings is 1. The molecule has 0 radical (unpaired) electrons. The van der Waals surface area contributed by atoms with Crippen LogP contribution in [-0.4, -0.2) is 32.8 Å². The van der Waals surface area contributed by atoms with Crippen molar-refractivity contribution in [3.8, 4) is 0 Å². The Bertz CT molecular complexity index is 587. The van der Waals surface area contributed by atoms with Crippen LogP contribution in [0.2, 0.25) is 0 Å². The minimum Gasteiger partial charge on any atom is -0.341 e. The highest BCUT2D eigenvalue weighted by Crippen LogP contribution is 2.26. The maximum atomic E-state index is 12.1. The summed E-state index contributed by atoms with van der Waals surface area (Å²) < 4.78 is 23.1. The Morgan fingerprint density at radius 2 is 2.00 bits per heavy atom. The van der Waals surface area contributed by atoms with Crippen LogP contribution in [0.4, 0.5) is 0 Å². The average molecular weight is 369 g/mol. The normalized spacial score (nSPS) is 11.7. The zero-order valence-corrected chi connectivity index (χ0v) is 14.0. The van der Waals surface area contributed by atoms with Crippen molar-refractivity contribution in [1.29, 1.82) is 0 Å². The van der Waals surface area contributed by atoms with Crippen molar-refractivity contribution in [3.63, 3.8) is 0 Å². The number of rotatable bonds is 4. The molecule has 19 heavy (non-hydrogen) atoms. The van der Waals surface area contributed by atoms with Crippen LogP contribution in [0, 0.1) is 5.92 Å². The minimum absolute atomic E-state index is 0.0991. The lowest BCUT2D eigenvalue weighted by Crippen LogP contribution is -2.30. The third-order valence-corrected chi connectivity index (χ3v) is 4.74. The van der Waals surface area contributed by atoms with Crippen molar-refractivity contribution in [2.45, 2.75) is 18.7 Å². The average Bonchev–Trinajstić information content (AvgIpc) is 2.26. The Labute approximate surface area is 126 Å². The molecule has 0 bridgehead atoms. The van der Waals surface area contributed by atoms with Gasteiger partial charge in [0, 0.05) is 34.3 Å². The second-order valence-corrected chi connectivity index (χ2v) is 8.05. The number of amides is 1. The van der Waals surface area contributed by atoms with Gasteiger partial charge < -0.3 is 4.90 Å². The van der Waals surface area contributed by atoms with Crippen LogP contribution < -0.4 is 0 Å². The van der Waals surface area contributed by atoms with Gasteiger partial charge in [-0.3, -0.25) is 4.79 Å². The SMILES string of the molecule is CC(C)CN(C)C(=O)c1ccc(Br)c(S(=O)(=O)Cl)c1. The molecule has 0 spiro atoms. The first-order chi connectivity index (χ1) is 8.62. The highest BCUT2D eigenvalue weighted by Gasteiger charge is 2.19. The first-order valence-corrected chi connectivity index (χ1v) is 8.73. The van der Waals surface area contributed by atoms with E-state index in [1.165, 1.54) is 12.1 Å². The Kier molecular flexibility index (Phi) is 5.41. The predicted molar refractivity (Wildman–Crippen MR) is 79.0 cm³/mol. The lowest BCUT2D eigenvalue weighted by Gasteiger charge is -2.19. The zero-order valence-electron chi connectivity index (χ0n) is 10.9. The second kappa shape index (κ2) is 6.24. The number of nitrogens with zero attached hydrogens (tertiary/aromatic N) is 1. The molecule has 4 nitrogen and oxygen atoms in total. The Morgan fingerprint density at radius 3 is 2.47 bits per heavy atom. The zero-order chi connectivity index (χ0) is 14.8. The molecule has 7 heteroatoms. The summed E-state index contributed by atoms with van der Waals surface area (Å²) in [5, 5.41) is 0. The van der Waals surface area contributed by atoms with Gasteiger partial charge in [0.25, 0.3) is 15.0 Å². The summed E-state index contributed by atoms with van der Waals surface area (Å²) in [4.78, 5) is 13.6. The molecule has 1 aromatic rings. The van der Waals surface area contributed by atoms with Gasteiger partial charge >= 0.3 is 0 Å². The monoisotopic (exact) mass is 367 g/mol. The van der Waals surface area contributed by atoms with Gasteiger partial charge in [-0.1, -0.05) is 13.8 Å². The molecule has 0 aliphatic rings. The van der Waals surface area contributed by atoms with Crippen LogP contribution in [0.15, 0.2) is 27.6 Å². The van der Waals surface area contributed by atoms with Crippen molar-refractivity contribution in [2.75, 3.05) is 13.6 Å². The largest absolute Gasteiger partial charge is 0.341 e. The van der Waals surface area contributed by atoms with Crippen LogP contribution in [-0.2, 0) is 9.05 Å². The fourth-order valence-electron chi connectivity index (χ4n) is 1.67. The minimum atomic E-state index is -3.88. The van der Waals surface area contributed by atoms with Gasteiger partial charge in [0.1, 0.15) is 0 Å². The van der Waals surface area contributed by atoms with Crippen LogP contribution in [0.5, 0.6) is 0 Å². The van der Waals surface area contributed by atoms with Gasteiger partial charge in [-0.05, 0) is 40.0 Å². The van der Waals surface area contributed by atoms with Crippen molar-refractivity contribution in [3.05, 3.63) is 28.2 Å². The number of hydrogen-bond acceptors (Lipinski definition) is 3. The molecule has 1 amide bonds. The molecule has 0 unspecified atom stereocenters. The molecule has 1 rings (SSSR count). The highest BCUT2D eigenvalue weighted by atomic mass is 79.9. The molecular weight excluding hydrogens is 354 g/mol. The topological polar surface area (TPSA) is 54.5 Å². The quantitative estimate of drug-likeness (QED) is 0.767. The van der Waals surface area contributed by atoms with Gasteiger partial charge in [-0.2, -0.15) is 0 Å². The van der Waals surface area contributed by atoms with Gasteiger partial charge in [0.15, 0.2) is 0 Å². The fourth-order valence-corrected chi connectivity index (χ4v) is 3.79. The summed E-state index contributed by atoms with van der Waals surface area (Å²) in [6.07, 6.45) is 0. The van der Waals surface area contributed by atoms with Crippen molar-refractivity contribution in [1.82, 2.24) is 4.90 Å². The fraction of sp³-hybridized carbons (Fsp3) is 0.417. The lowest BCUT2D eigenvalue weighted by atomic mass is 10.1. The van der Waals surface area contributed by atoms with E-state index in [-0.39, 0.29) is 10.8 Å². The Hall–Kier alpha value is -0.590. The molecular formula is C12H15BrClNO3S. The maximum Gasteiger partial charge on any atom is 0.262 e. The molecule has 1 aromatic carbocycles. The molecule has 0 aromatic heterocycles. The molecule has 0 fully saturated rings. The van der Waals surface area contributed by atoms with Gasteiger partial charge in [-0.15, -0.1) is 0 Å². The van der Waals surface area contributed by atoms with Crippen molar-refractivity contribution < 1.29 is 13.2 Å². The van der Waals surface area contributed by atoms with Gasteiger partial charge in [0.2, 0.25) is 0 Å². The number of halogens is 2. The summed E-state index contributed by atoms with van der Waals surface area (Å²) in [6, 6.07) is 4.35. The van der Waals surface area contributed by atoms with E-state index in [0.717, 1.165) is 0 Å². The summed E-state index contributed by atoms with van der Waals surface area (Å²) in [5.74, 6) is 0.100. The van der Waals surface area contributed by atoms with E-state index in [2.05, 4.69) is 15.9 Å². The van der Waals surface area contributed by atoms with E-state index >= 15 is 0 Å².